The first-order valence-electron chi connectivity index (χ1n) is 6.49. The van der Waals surface area contributed by atoms with Crippen LogP contribution in [0.5, 0.6) is 5.75 Å². The molecular formula is C16H19ClN2O. The van der Waals surface area contributed by atoms with E-state index in [1.165, 1.54) is 5.56 Å². The second-order valence-electron chi connectivity index (χ2n) is 4.82. The van der Waals surface area contributed by atoms with E-state index in [4.69, 9.17) is 16.3 Å². The summed E-state index contributed by atoms with van der Waals surface area (Å²) in [4.78, 5) is 6.63. The van der Waals surface area contributed by atoms with E-state index in [1.807, 2.05) is 25.4 Å². The molecule has 1 heterocycles. The number of halogens is 1. The number of benzene rings is 1. The molecule has 3 nitrogen and oxygen atoms in total. The summed E-state index contributed by atoms with van der Waals surface area (Å²) in [5.41, 5.74) is 3.40. The summed E-state index contributed by atoms with van der Waals surface area (Å²) >= 11 is 5.82. The summed E-state index contributed by atoms with van der Waals surface area (Å²) < 4.78 is 5.16. The third-order valence-electron chi connectivity index (χ3n) is 3.20. The van der Waals surface area contributed by atoms with Gasteiger partial charge in [-0.1, -0.05) is 12.1 Å². The quantitative estimate of drug-likeness (QED) is 0.784. The van der Waals surface area contributed by atoms with E-state index in [2.05, 4.69) is 35.0 Å². The topological polar surface area (TPSA) is 25.4 Å². The van der Waals surface area contributed by atoms with Crippen molar-refractivity contribution in [2.75, 3.05) is 19.1 Å². The average Bonchev–Trinajstić information content (AvgIpc) is 2.47. The molecule has 2 aromatic rings. The van der Waals surface area contributed by atoms with Crippen LogP contribution in [-0.2, 0) is 12.4 Å². The molecule has 0 aliphatic carbocycles. The number of ether oxygens (including phenoxy) is 1. The number of aromatic nitrogens is 1. The van der Waals surface area contributed by atoms with E-state index in [-0.39, 0.29) is 0 Å². The van der Waals surface area contributed by atoms with E-state index >= 15 is 0 Å². The minimum absolute atomic E-state index is 0.496. The molecule has 0 unspecified atom stereocenters. The molecule has 2 rings (SSSR count). The normalized spacial score (nSPS) is 10.4. The SMILES string of the molecule is COc1ccc(CN(C)c2ncc(CCl)cc2C)cc1. The molecule has 0 saturated heterocycles. The van der Waals surface area contributed by atoms with Gasteiger partial charge in [-0.3, -0.25) is 0 Å². The lowest BCUT2D eigenvalue weighted by molar-refractivity contribution is 0.414. The summed E-state index contributed by atoms with van der Waals surface area (Å²) in [7, 11) is 3.72. The van der Waals surface area contributed by atoms with E-state index in [9.17, 15) is 0 Å². The summed E-state index contributed by atoms with van der Waals surface area (Å²) in [6, 6.07) is 10.2. The maximum atomic E-state index is 5.82. The lowest BCUT2D eigenvalue weighted by Gasteiger charge is -2.20. The van der Waals surface area contributed by atoms with Crippen LogP contribution in [0.4, 0.5) is 5.82 Å². The number of alkyl halides is 1. The third kappa shape index (κ3) is 3.42. The highest BCUT2D eigenvalue weighted by Gasteiger charge is 2.08. The highest BCUT2D eigenvalue weighted by molar-refractivity contribution is 6.17. The van der Waals surface area contributed by atoms with Crippen molar-refractivity contribution < 1.29 is 4.74 Å². The highest BCUT2D eigenvalue weighted by Crippen LogP contribution is 2.20. The first-order valence-corrected chi connectivity index (χ1v) is 7.03. The summed E-state index contributed by atoms with van der Waals surface area (Å²) in [5.74, 6) is 2.35. The fourth-order valence-electron chi connectivity index (χ4n) is 2.18. The van der Waals surface area contributed by atoms with Gasteiger partial charge in [-0.05, 0) is 41.8 Å². The maximum Gasteiger partial charge on any atom is 0.131 e. The van der Waals surface area contributed by atoms with Crippen LogP contribution in [0.1, 0.15) is 16.7 Å². The molecule has 1 aromatic carbocycles. The predicted octanol–water partition coefficient (Wildman–Crippen LogP) is 3.77. The first-order chi connectivity index (χ1) is 9.63. The van der Waals surface area contributed by atoms with Gasteiger partial charge in [-0.25, -0.2) is 4.98 Å². The lowest BCUT2D eigenvalue weighted by Crippen LogP contribution is -2.18. The van der Waals surface area contributed by atoms with Gasteiger partial charge in [0.15, 0.2) is 0 Å². The number of hydrogen-bond donors (Lipinski definition) is 0. The predicted molar refractivity (Wildman–Crippen MR) is 83.6 cm³/mol. The van der Waals surface area contributed by atoms with Gasteiger partial charge in [0.05, 0.1) is 7.11 Å². The monoisotopic (exact) mass is 290 g/mol. The van der Waals surface area contributed by atoms with Crippen molar-refractivity contribution in [2.45, 2.75) is 19.3 Å². The average molecular weight is 291 g/mol. The summed E-state index contributed by atoms with van der Waals surface area (Å²) in [5, 5.41) is 0. The Morgan fingerprint density at radius 2 is 1.90 bits per heavy atom. The van der Waals surface area contributed by atoms with Crippen LogP contribution in [-0.4, -0.2) is 19.1 Å². The van der Waals surface area contributed by atoms with Gasteiger partial charge in [0.1, 0.15) is 11.6 Å². The van der Waals surface area contributed by atoms with Gasteiger partial charge in [0.2, 0.25) is 0 Å². The van der Waals surface area contributed by atoms with E-state index in [0.29, 0.717) is 5.88 Å². The molecule has 20 heavy (non-hydrogen) atoms. The lowest BCUT2D eigenvalue weighted by atomic mass is 10.2. The minimum atomic E-state index is 0.496. The number of nitrogens with zero attached hydrogens (tertiary/aromatic N) is 2. The Labute approximate surface area is 125 Å². The Hall–Kier alpha value is -1.74. The molecule has 0 bridgehead atoms. The zero-order valence-electron chi connectivity index (χ0n) is 12.1. The Bertz CT molecular complexity index is 569. The van der Waals surface area contributed by atoms with Crippen LogP contribution < -0.4 is 9.64 Å². The maximum absolute atomic E-state index is 5.82. The molecule has 0 atom stereocenters. The Morgan fingerprint density at radius 1 is 1.20 bits per heavy atom. The van der Waals surface area contributed by atoms with E-state index in [1.54, 1.807) is 7.11 Å². The van der Waals surface area contributed by atoms with Gasteiger partial charge >= 0.3 is 0 Å². The number of pyridine rings is 1. The van der Waals surface area contributed by atoms with Gasteiger partial charge in [-0.15, -0.1) is 11.6 Å². The fraction of sp³-hybridized carbons (Fsp3) is 0.312. The van der Waals surface area contributed by atoms with E-state index in [0.717, 1.165) is 29.2 Å². The molecule has 4 heteroatoms. The third-order valence-corrected chi connectivity index (χ3v) is 3.51. The number of methoxy groups -OCH3 is 1. The summed E-state index contributed by atoms with van der Waals surface area (Å²) in [6.07, 6.45) is 1.83. The zero-order chi connectivity index (χ0) is 14.5. The van der Waals surface area contributed by atoms with Crippen molar-refractivity contribution in [2.24, 2.45) is 0 Å². The molecule has 0 N–H and O–H groups in total. The van der Waals surface area contributed by atoms with Crippen LogP contribution in [0.2, 0.25) is 0 Å². The first kappa shape index (κ1) is 14.7. The molecule has 0 fully saturated rings. The Morgan fingerprint density at radius 3 is 2.45 bits per heavy atom. The molecule has 0 spiro atoms. The molecule has 0 radical (unpaired) electrons. The number of anilines is 1. The van der Waals surface area contributed by atoms with Crippen molar-refractivity contribution in [3.63, 3.8) is 0 Å². The van der Waals surface area contributed by atoms with Gasteiger partial charge < -0.3 is 9.64 Å². The number of rotatable bonds is 5. The molecule has 0 amide bonds. The van der Waals surface area contributed by atoms with Gasteiger partial charge in [0, 0.05) is 25.7 Å². The smallest absolute Gasteiger partial charge is 0.131 e. The fourth-order valence-corrected chi connectivity index (χ4v) is 2.32. The van der Waals surface area contributed by atoms with Crippen molar-refractivity contribution >= 4 is 17.4 Å². The Kier molecular flexibility index (Phi) is 4.85. The van der Waals surface area contributed by atoms with Gasteiger partial charge in [0.25, 0.3) is 0 Å². The minimum Gasteiger partial charge on any atom is -0.497 e. The van der Waals surface area contributed by atoms with E-state index < -0.39 is 0 Å². The van der Waals surface area contributed by atoms with Crippen molar-refractivity contribution in [3.8, 4) is 5.75 Å². The number of aryl methyl sites for hydroxylation is 1. The van der Waals surface area contributed by atoms with Crippen LogP contribution in [0.25, 0.3) is 0 Å². The molecular weight excluding hydrogens is 272 g/mol. The largest absolute Gasteiger partial charge is 0.497 e. The second-order valence-corrected chi connectivity index (χ2v) is 5.09. The second kappa shape index (κ2) is 6.62. The standard InChI is InChI=1S/C16H19ClN2O/c1-12-8-14(9-17)10-18-16(12)19(2)11-13-4-6-15(20-3)7-5-13/h4-8,10H,9,11H2,1-3H3. The van der Waals surface area contributed by atoms with Crippen molar-refractivity contribution in [1.82, 2.24) is 4.98 Å². The molecule has 0 aliphatic rings. The summed E-state index contributed by atoms with van der Waals surface area (Å²) in [6.45, 7) is 2.86. The van der Waals surface area contributed by atoms with Crippen LogP contribution >= 0.6 is 11.6 Å². The van der Waals surface area contributed by atoms with Crippen LogP contribution in [0, 0.1) is 6.92 Å². The molecule has 0 aliphatic heterocycles. The molecule has 1 aromatic heterocycles. The molecule has 0 saturated carbocycles. The highest BCUT2D eigenvalue weighted by atomic mass is 35.5. The van der Waals surface area contributed by atoms with Gasteiger partial charge in [-0.2, -0.15) is 0 Å². The van der Waals surface area contributed by atoms with Crippen LogP contribution in [0.3, 0.4) is 0 Å². The zero-order valence-corrected chi connectivity index (χ0v) is 12.8. The van der Waals surface area contributed by atoms with Crippen molar-refractivity contribution in [3.05, 3.63) is 53.2 Å². The number of hydrogen-bond acceptors (Lipinski definition) is 3. The van der Waals surface area contributed by atoms with Crippen LogP contribution in [0.15, 0.2) is 36.5 Å². The molecule has 106 valence electrons. The van der Waals surface area contributed by atoms with Crippen molar-refractivity contribution in [1.29, 1.82) is 0 Å². The Balaban J connectivity index is 2.12.